The lowest BCUT2D eigenvalue weighted by atomic mass is 9.88. The average molecular weight is 280 g/mol. The van der Waals surface area contributed by atoms with Gasteiger partial charge in [0.1, 0.15) is 18.0 Å². The number of hydrogen-bond acceptors (Lipinski definition) is 5. The molecule has 0 spiro atoms. The van der Waals surface area contributed by atoms with Crippen LogP contribution in [-0.4, -0.2) is 34.8 Å². The molecule has 20 heavy (non-hydrogen) atoms. The van der Waals surface area contributed by atoms with Crippen molar-refractivity contribution in [1.82, 2.24) is 9.97 Å². The molecular weight excluding hydrogens is 252 g/mol. The van der Waals surface area contributed by atoms with Gasteiger partial charge in [0.15, 0.2) is 0 Å². The molecule has 0 atom stereocenters. The lowest BCUT2D eigenvalue weighted by molar-refractivity contribution is 0.248. The van der Waals surface area contributed by atoms with Crippen LogP contribution in [0.2, 0.25) is 0 Å². The van der Waals surface area contributed by atoms with Gasteiger partial charge in [-0.2, -0.15) is 0 Å². The number of hydrogen-bond donors (Lipinski definition) is 3. The third kappa shape index (κ3) is 5.33. The number of rotatable bonds is 9. The fraction of sp³-hybridized carbons (Fsp3) is 0.733. The number of anilines is 2. The second-order valence-corrected chi connectivity index (χ2v) is 5.97. The van der Waals surface area contributed by atoms with Crippen LogP contribution in [0.15, 0.2) is 6.33 Å². The highest BCUT2D eigenvalue weighted by atomic mass is 16.2. The summed E-state index contributed by atoms with van der Waals surface area (Å²) in [4.78, 5) is 8.59. The minimum atomic E-state index is 0.136. The molecule has 1 rings (SSSR count). The highest BCUT2D eigenvalue weighted by Crippen LogP contribution is 2.24. The normalized spacial score (nSPS) is 11.4. The Morgan fingerprint density at radius 2 is 1.85 bits per heavy atom. The van der Waals surface area contributed by atoms with E-state index in [4.69, 9.17) is 5.11 Å². The van der Waals surface area contributed by atoms with Gasteiger partial charge in [0.05, 0.1) is 0 Å². The van der Waals surface area contributed by atoms with Crippen molar-refractivity contribution in [3.8, 4) is 0 Å². The van der Waals surface area contributed by atoms with Gasteiger partial charge in [0, 0.05) is 25.3 Å². The van der Waals surface area contributed by atoms with Crippen LogP contribution in [0.3, 0.4) is 0 Å². The lowest BCUT2D eigenvalue weighted by Gasteiger charge is -2.25. The van der Waals surface area contributed by atoms with Crippen molar-refractivity contribution < 1.29 is 5.11 Å². The van der Waals surface area contributed by atoms with E-state index < -0.39 is 0 Å². The molecule has 0 unspecified atom stereocenters. The molecule has 114 valence electrons. The largest absolute Gasteiger partial charge is 0.396 e. The SMILES string of the molecule is CCCNc1ncnc(NCC(C)(C)CCCO)c1C. The van der Waals surface area contributed by atoms with Crippen LogP contribution in [0, 0.1) is 12.3 Å². The minimum Gasteiger partial charge on any atom is -0.396 e. The van der Waals surface area contributed by atoms with E-state index in [1.807, 2.05) is 6.92 Å². The number of aliphatic hydroxyl groups excluding tert-OH is 1. The molecule has 5 heteroatoms. The first-order chi connectivity index (χ1) is 9.50. The topological polar surface area (TPSA) is 70.1 Å². The second kappa shape index (κ2) is 8.04. The van der Waals surface area contributed by atoms with Crippen LogP contribution in [0.1, 0.15) is 45.6 Å². The Morgan fingerprint density at radius 1 is 1.20 bits per heavy atom. The molecule has 0 fully saturated rings. The summed E-state index contributed by atoms with van der Waals surface area (Å²) in [7, 11) is 0. The van der Waals surface area contributed by atoms with Crippen molar-refractivity contribution in [3.63, 3.8) is 0 Å². The Balaban J connectivity index is 2.63. The number of aromatic nitrogens is 2. The molecule has 1 heterocycles. The first kappa shape index (κ1) is 16.7. The molecule has 0 radical (unpaired) electrons. The predicted molar refractivity (Wildman–Crippen MR) is 84.1 cm³/mol. The zero-order valence-electron chi connectivity index (χ0n) is 13.2. The fourth-order valence-electron chi connectivity index (χ4n) is 2.02. The maximum Gasteiger partial charge on any atom is 0.134 e. The quantitative estimate of drug-likeness (QED) is 0.649. The predicted octanol–water partition coefficient (Wildman–Crippen LogP) is 2.82. The van der Waals surface area contributed by atoms with Crippen LogP contribution >= 0.6 is 0 Å². The van der Waals surface area contributed by atoms with E-state index in [0.29, 0.717) is 0 Å². The molecule has 0 saturated heterocycles. The molecule has 0 aliphatic rings. The highest BCUT2D eigenvalue weighted by molar-refractivity contribution is 5.56. The minimum absolute atomic E-state index is 0.136. The molecule has 0 bridgehead atoms. The first-order valence-corrected chi connectivity index (χ1v) is 7.40. The molecule has 1 aromatic rings. The molecule has 0 amide bonds. The Labute approximate surface area is 122 Å². The van der Waals surface area contributed by atoms with Crippen LogP contribution < -0.4 is 10.6 Å². The summed E-state index contributed by atoms with van der Waals surface area (Å²) in [5.41, 5.74) is 1.19. The van der Waals surface area contributed by atoms with Gasteiger partial charge in [0.2, 0.25) is 0 Å². The third-order valence-corrected chi connectivity index (χ3v) is 3.37. The average Bonchev–Trinajstić information content (AvgIpc) is 2.43. The van der Waals surface area contributed by atoms with E-state index in [2.05, 4.69) is 41.4 Å². The van der Waals surface area contributed by atoms with Crippen molar-refractivity contribution in [3.05, 3.63) is 11.9 Å². The van der Waals surface area contributed by atoms with Crippen molar-refractivity contribution in [2.24, 2.45) is 5.41 Å². The third-order valence-electron chi connectivity index (χ3n) is 3.37. The van der Waals surface area contributed by atoms with Crippen LogP contribution in [0.25, 0.3) is 0 Å². The van der Waals surface area contributed by atoms with E-state index >= 15 is 0 Å². The van der Waals surface area contributed by atoms with E-state index in [1.54, 1.807) is 6.33 Å². The summed E-state index contributed by atoms with van der Waals surface area (Å²) in [6, 6.07) is 0. The highest BCUT2D eigenvalue weighted by Gasteiger charge is 2.18. The summed E-state index contributed by atoms with van der Waals surface area (Å²) >= 11 is 0. The monoisotopic (exact) mass is 280 g/mol. The smallest absolute Gasteiger partial charge is 0.134 e. The number of aliphatic hydroxyl groups is 1. The van der Waals surface area contributed by atoms with Crippen LogP contribution in [0.5, 0.6) is 0 Å². The summed E-state index contributed by atoms with van der Waals surface area (Å²) in [5, 5.41) is 15.6. The molecule has 0 aliphatic carbocycles. The lowest BCUT2D eigenvalue weighted by Crippen LogP contribution is -2.24. The molecular formula is C15H28N4O. The molecule has 0 aromatic carbocycles. The zero-order chi connectivity index (χ0) is 15.0. The Hall–Kier alpha value is -1.36. The van der Waals surface area contributed by atoms with Gasteiger partial charge in [-0.1, -0.05) is 20.8 Å². The summed E-state index contributed by atoms with van der Waals surface area (Å²) in [5.74, 6) is 1.79. The summed E-state index contributed by atoms with van der Waals surface area (Å²) < 4.78 is 0. The molecule has 3 N–H and O–H groups in total. The van der Waals surface area contributed by atoms with E-state index in [9.17, 15) is 0 Å². The van der Waals surface area contributed by atoms with Gasteiger partial charge in [-0.3, -0.25) is 0 Å². The Kier molecular flexibility index (Phi) is 6.71. The van der Waals surface area contributed by atoms with Gasteiger partial charge >= 0.3 is 0 Å². The van der Waals surface area contributed by atoms with E-state index in [-0.39, 0.29) is 12.0 Å². The maximum absolute atomic E-state index is 8.93. The number of nitrogens with one attached hydrogen (secondary N) is 2. The zero-order valence-corrected chi connectivity index (χ0v) is 13.2. The summed E-state index contributed by atoms with van der Waals surface area (Å²) in [6.07, 6.45) is 4.48. The van der Waals surface area contributed by atoms with Crippen LogP contribution in [0.4, 0.5) is 11.6 Å². The number of nitrogens with zero attached hydrogens (tertiary/aromatic N) is 2. The summed E-state index contributed by atoms with van der Waals surface area (Å²) in [6.45, 7) is 10.6. The van der Waals surface area contributed by atoms with Crippen LogP contribution in [-0.2, 0) is 0 Å². The van der Waals surface area contributed by atoms with Crippen molar-refractivity contribution >= 4 is 11.6 Å². The first-order valence-electron chi connectivity index (χ1n) is 7.40. The van der Waals surface area contributed by atoms with Crippen molar-refractivity contribution in [2.75, 3.05) is 30.3 Å². The fourth-order valence-corrected chi connectivity index (χ4v) is 2.02. The molecule has 0 aliphatic heterocycles. The van der Waals surface area contributed by atoms with Gasteiger partial charge in [-0.25, -0.2) is 9.97 Å². The van der Waals surface area contributed by atoms with Gasteiger partial charge in [-0.15, -0.1) is 0 Å². The molecule has 1 aromatic heterocycles. The van der Waals surface area contributed by atoms with Crippen molar-refractivity contribution in [1.29, 1.82) is 0 Å². The van der Waals surface area contributed by atoms with E-state index in [1.165, 1.54) is 0 Å². The van der Waals surface area contributed by atoms with Crippen molar-refractivity contribution in [2.45, 2.75) is 47.0 Å². The standard InChI is InChI=1S/C15H28N4O/c1-5-8-16-13-12(2)14(19-11-18-13)17-10-15(3,4)7-6-9-20/h11,20H,5-10H2,1-4H3,(H2,16,17,18,19). The van der Waals surface area contributed by atoms with Gasteiger partial charge < -0.3 is 15.7 Å². The molecule has 5 nitrogen and oxygen atoms in total. The molecule has 0 saturated carbocycles. The Bertz CT molecular complexity index is 407. The Morgan fingerprint density at radius 3 is 2.45 bits per heavy atom. The van der Waals surface area contributed by atoms with E-state index in [0.717, 1.165) is 49.6 Å². The van der Waals surface area contributed by atoms with Gasteiger partial charge in [0.25, 0.3) is 0 Å². The van der Waals surface area contributed by atoms with Gasteiger partial charge in [-0.05, 0) is 31.6 Å². The second-order valence-electron chi connectivity index (χ2n) is 5.97. The maximum atomic E-state index is 8.93.